The molecule has 0 saturated carbocycles. The predicted molar refractivity (Wildman–Crippen MR) is 70.4 cm³/mol. The van der Waals surface area contributed by atoms with Crippen molar-refractivity contribution in [2.24, 2.45) is 0 Å². The molecule has 0 aliphatic rings. The molecule has 5 nitrogen and oxygen atoms in total. The van der Waals surface area contributed by atoms with Gasteiger partial charge in [-0.25, -0.2) is 4.98 Å². The lowest BCUT2D eigenvalue weighted by molar-refractivity contribution is -0.121. The number of nitrogens with two attached hydrogens (primary N) is 1. The van der Waals surface area contributed by atoms with Crippen molar-refractivity contribution in [1.82, 2.24) is 10.3 Å². The van der Waals surface area contributed by atoms with Crippen molar-refractivity contribution in [1.29, 1.82) is 0 Å². The Balaban J connectivity index is 2.81. The predicted octanol–water partition coefficient (Wildman–Crippen LogP) is 1.91. The van der Waals surface area contributed by atoms with Crippen molar-refractivity contribution >= 4 is 40.7 Å². The maximum atomic E-state index is 11.5. The van der Waals surface area contributed by atoms with E-state index in [4.69, 9.17) is 28.9 Å². The third kappa shape index (κ3) is 3.64. The van der Waals surface area contributed by atoms with Gasteiger partial charge in [-0.1, -0.05) is 23.2 Å². The molecule has 7 heteroatoms. The second-order valence-corrected chi connectivity index (χ2v) is 4.26. The van der Waals surface area contributed by atoms with Crippen LogP contribution in [0.3, 0.4) is 0 Å². The van der Waals surface area contributed by atoms with Crippen molar-refractivity contribution < 1.29 is 4.79 Å². The second kappa shape index (κ2) is 5.93. The van der Waals surface area contributed by atoms with Crippen molar-refractivity contribution in [3.05, 3.63) is 16.1 Å². The number of carbonyl (C=O) groups excluding carboxylic acids is 1. The van der Waals surface area contributed by atoms with Gasteiger partial charge in [-0.05, 0) is 19.9 Å². The number of anilines is 2. The monoisotopic (exact) mass is 276 g/mol. The highest BCUT2D eigenvalue weighted by Gasteiger charge is 2.15. The molecular formula is C10H14Cl2N4O. The average Bonchev–Trinajstić information content (AvgIpc) is 2.26. The number of nitrogens with zero attached hydrogens (tertiary/aromatic N) is 1. The number of nitrogen functional groups attached to an aromatic ring is 1. The Hall–Kier alpha value is -1.20. The number of rotatable bonds is 4. The minimum absolute atomic E-state index is 0.140. The fourth-order valence-corrected chi connectivity index (χ4v) is 1.59. The first-order valence-corrected chi connectivity index (χ1v) is 5.87. The van der Waals surface area contributed by atoms with Crippen LogP contribution in [0.1, 0.15) is 13.8 Å². The Bertz CT molecular complexity index is 425. The topological polar surface area (TPSA) is 80.0 Å². The molecule has 0 bridgehead atoms. The first kappa shape index (κ1) is 13.9. The molecule has 0 saturated heterocycles. The van der Waals surface area contributed by atoms with E-state index in [0.29, 0.717) is 17.4 Å². The smallest absolute Gasteiger partial charge is 0.242 e. The van der Waals surface area contributed by atoms with Gasteiger partial charge in [0, 0.05) is 6.54 Å². The first-order valence-electron chi connectivity index (χ1n) is 5.11. The van der Waals surface area contributed by atoms with Crippen LogP contribution in [0.5, 0.6) is 0 Å². The van der Waals surface area contributed by atoms with Gasteiger partial charge < -0.3 is 16.4 Å². The van der Waals surface area contributed by atoms with Crippen LogP contribution in [-0.4, -0.2) is 23.5 Å². The fraction of sp³-hybridized carbons (Fsp3) is 0.400. The summed E-state index contributed by atoms with van der Waals surface area (Å²) in [6.07, 6.45) is 0. The van der Waals surface area contributed by atoms with Gasteiger partial charge >= 0.3 is 0 Å². The summed E-state index contributed by atoms with van der Waals surface area (Å²) in [4.78, 5) is 15.5. The molecule has 0 fully saturated rings. The Morgan fingerprint density at radius 2 is 2.18 bits per heavy atom. The minimum Gasteiger partial charge on any atom is -0.382 e. The van der Waals surface area contributed by atoms with E-state index in [0.717, 1.165) is 0 Å². The molecule has 0 aliphatic carbocycles. The summed E-state index contributed by atoms with van der Waals surface area (Å²) >= 11 is 11.7. The highest BCUT2D eigenvalue weighted by atomic mass is 35.5. The summed E-state index contributed by atoms with van der Waals surface area (Å²) < 4.78 is 0. The van der Waals surface area contributed by atoms with Crippen LogP contribution in [0.15, 0.2) is 6.07 Å². The molecule has 1 rings (SSSR count). The Labute approximate surface area is 110 Å². The molecule has 1 unspecified atom stereocenters. The van der Waals surface area contributed by atoms with E-state index in [1.165, 1.54) is 6.07 Å². The van der Waals surface area contributed by atoms with Crippen LogP contribution in [-0.2, 0) is 4.79 Å². The third-order valence-electron chi connectivity index (χ3n) is 2.05. The lowest BCUT2D eigenvalue weighted by Gasteiger charge is -2.15. The van der Waals surface area contributed by atoms with Gasteiger partial charge in [-0.2, -0.15) is 0 Å². The van der Waals surface area contributed by atoms with E-state index < -0.39 is 6.04 Å². The van der Waals surface area contributed by atoms with Crippen LogP contribution in [0.4, 0.5) is 11.6 Å². The molecular weight excluding hydrogens is 263 g/mol. The van der Waals surface area contributed by atoms with Gasteiger partial charge in [0.25, 0.3) is 0 Å². The van der Waals surface area contributed by atoms with E-state index >= 15 is 0 Å². The van der Waals surface area contributed by atoms with E-state index in [-0.39, 0.29) is 16.7 Å². The zero-order valence-electron chi connectivity index (χ0n) is 9.55. The molecule has 1 amide bonds. The van der Waals surface area contributed by atoms with E-state index in [1.807, 2.05) is 6.92 Å². The molecule has 1 aromatic rings. The SMILES string of the molecule is CCNC(=O)C(C)Nc1nc(N)c(Cl)cc1Cl. The van der Waals surface area contributed by atoms with Gasteiger partial charge in [0.05, 0.1) is 10.0 Å². The number of hydrogen-bond donors (Lipinski definition) is 3. The van der Waals surface area contributed by atoms with E-state index in [2.05, 4.69) is 15.6 Å². The molecule has 4 N–H and O–H groups in total. The first-order chi connectivity index (χ1) is 7.95. The van der Waals surface area contributed by atoms with Crippen molar-refractivity contribution in [2.75, 3.05) is 17.6 Å². The number of pyridine rings is 1. The van der Waals surface area contributed by atoms with E-state index in [9.17, 15) is 4.79 Å². The number of nitrogens with one attached hydrogen (secondary N) is 2. The summed E-state index contributed by atoms with van der Waals surface area (Å²) in [5.41, 5.74) is 5.56. The van der Waals surface area contributed by atoms with E-state index in [1.54, 1.807) is 6.92 Å². The number of halogens is 2. The Kier molecular flexibility index (Phi) is 4.84. The highest BCUT2D eigenvalue weighted by molar-refractivity contribution is 6.37. The van der Waals surface area contributed by atoms with Gasteiger partial charge in [0.1, 0.15) is 17.7 Å². The summed E-state index contributed by atoms with van der Waals surface area (Å²) in [7, 11) is 0. The molecule has 1 heterocycles. The van der Waals surface area contributed by atoms with Gasteiger partial charge in [0.15, 0.2) is 0 Å². The maximum absolute atomic E-state index is 11.5. The van der Waals surface area contributed by atoms with Crippen LogP contribution in [0, 0.1) is 0 Å². The molecule has 1 atom stereocenters. The number of carbonyl (C=O) groups is 1. The molecule has 17 heavy (non-hydrogen) atoms. The number of likely N-dealkylation sites (N-methyl/N-ethyl adjacent to an activating group) is 1. The summed E-state index contributed by atoms with van der Waals surface area (Å²) in [5.74, 6) is 0.368. The largest absolute Gasteiger partial charge is 0.382 e. The number of aromatic nitrogens is 1. The van der Waals surface area contributed by atoms with Crippen LogP contribution in [0.2, 0.25) is 10.0 Å². The molecule has 0 spiro atoms. The zero-order valence-corrected chi connectivity index (χ0v) is 11.1. The quantitative estimate of drug-likeness (QED) is 0.785. The maximum Gasteiger partial charge on any atom is 0.242 e. The molecule has 1 aromatic heterocycles. The van der Waals surface area contributed by atoms with Crippen LogP contribution >= 0.6 is 23.2 Å². The lowest BCUT2D eigenvalue weighted by Crippen LogP contribution is -2.37. The minimum atomic E-state index is -0.458. The van der Waals surface area contributed by atoms with Crippen molar-refractivity contribution in [2.45, 2.75) is 19.9 Å². The van der Waals surface area contributed by atoms with Gasteiger partial charge in [0.2, 0.25) is 5.91 Å². The number of amides is 1. The summed E-state index contributed by atoms with van der Waals surface area (Å²) in [5, 5.41) is 6.15. The van der Waals surface area contributed by atoms with Crippen LogP contribution < -0.4 is 16.4 Å². The highest BCUT2D eigenvalue weighted by Crippen LogP contribution is 2.27. The fourth-order valence-electron chi connectivity index (χ4n) is 1.18. The number of hydrogen-bond acceptors (Lipinski definition) is 4. The molecule has 94 valence electrons. The third-order valence-corrected chi connectivity index (χ3v) is 2.64. The van der Waals surface area contributed by atoms with Gasteiger partial charge in [-0.3, -0.25) is 4.79 Å². The molecule has 0 aliphatic heterocycles. The molecule has 0 radical (unpaired) electrons. The molecule has 0 aromatic carbocycles. The van der Waals surface area contributed by atoms with Crippen molar-refractivity contribution in [3.63, 3.8) is 0 Å². The normalized spacial score (nSPS) is 12.0. The standard InChI is InChI=1S/C10H14Cl2N4O/c1-3-14-10(17)5(2)15-9-7(12)4-6(11)8(13)16-9/h4-5H,3H2,1-2H3,(H,14,17)(H3,13,15,16). The zero-order chi connectivity index (χ0) is 13.0. The summed E-state index contributed by atoms with van der Waals surface area (Å²) in [6, 6.07) is 1.03. The summed E-state index contributed by atoms with van der Waals surface area (Å²) in [6.45, 7) is 4.11. The van der Waals surface area contributed by atoms with Crippen LogP contribution in [0.25, 0.3) is 0 Å². The van der Waals surface area contributed by atoms with Gasteiger partial charge in [-0.15, -0.1) is 0 Å². The van der Waals surface area contributed by atoms with Crippen molar-refractivity contribution in [3.8, 4) is 0 Å². The second-order valence-electron chi connectivity index (χ2n) is 3.45. The lowest BCUT2D eigenvalue weighted by atomic mass is 10.3. The Morgan fingerprint density at radius 3 is 2.76 bits per heavy atom. The average molecular weight is 277 g/mol. The Morgan fingerprint density at radius 1 is 1.53 bits per heavy atom.